The van der Waals surface area contributed by atoms with Gasteiger partial charge in [0.15, 0.2) is 0 Å². The smallest absolute Gasteiger partial charge is 0.339 e. The highest BCUT2D eigenvalue weighted by Gasteiger charge is 2.18. The van der Waals surface area contributed by atoms with Crippen LogP contribution in [0.1, 0.15) is 31.8 Å². The molecule has 0 amide bonds. The molecule has 0 heterocycles. The molecule has 2 aromatic rings. The molecule has 0 saturated carbocycles. The van der Waals surface area contributed by atoms with E-state index in [4.69, 9.17) is 15.6 Å². The van der Waals surface area contributed by atoms with Gasteiger partial charge in [0.05, 0.1) is 11.1 Å². The summed E-state index contributed by atoms with van der Waals surface area (Å²) in [6.45, 7) is 0.310. The molecule has 0 aromatic heterocycles. The van der Waals surface area contributed by atoms with Crippen molar-refractivity contribution in [2.75, 3.05) is 0 Å². The molecule has 0 aliphatic heterocycles. The lowest BCUT2D eigenvalue weighted by atomic mass is 10.0. The summed E-state index contributed by atoms with van der Waals surface area (Å²) in [6, 6.07) is 13.6. The van der Waals surface area contributed by atoms with Gasteiger partial charge < -0.3 is 15.6 Å². The molecule has 0 bridgehead atoms. The highest BCUT2D eigenvalue weighted by molar-refractivity contribution is 6.02. The van der Waals surface area contributed by atoms with Gasteiger partial charge >= 0.3 is 11.9 Å². The van der Waals surface area contributed by atoms with E-state index in [0.29, 0.717) is 5.56 Å². The first kappa shape index (κ1) is 14.7. The molecule has 2 rings (SSSR count). The molecule has 0 unspecified atom stereocenters. The number of carbonyl (C=O) groups is 2. The molecule has 21 heavy (non-hydrogen) atoms. The fourth-order valence-corrected chi connectivity index (χ4v) is 1.87. The first-order valence-electron chi connectivity index (χ1n) is 6.39. The molecule has 108 valence electrons. The normalized spacial score (nSPS) is 10.1. The standard InChI is InChI=1S/C16H15NO4/c17-9-12-6-7-13(15(18)19)14(8-12)16(20)21-10-11-4-2-1-3-5-11/h1-8H,9-10,17H2,(H,18,19). The van der Waals surface area contributed by atoms with Crippen LogP contribution in [0.2, 0.25) is 0 Å². The Morgan fingerprint density at radius 1 is 1.00 bits per heavy atom. The van der Waals surface area contributed by atoms with Crippen LogP contribution in [0, 0.1) is 0 Å². The van der Waals surface area contributed by atoms with Gasteiger partial charge in [-0.25, -0.2) is 9.59 Å². The zero-order chi connectivity index (χ0) is 15.2. The van der Waals surface area contributed by atoms with E-state index in [-0.39, 0.29) is 24.3 Å². The number of aromatic carboxylic acids is 1. The lowest BCUT2D eigenvalue weighted by Crippen LogP contribution is -2.13. The Kier molecular flexibility index (Phi) is 4.68. The quantitative estimate of drug-likeness (QED) is 0.822. The summed E-state index contributed by atoms with van der Waals surface area (Å²) in [5, 5.41) is 9.12. The minimum absolute atomic E-state index is 0.0152. The van der Waals surface area contributed by atoms with Crippen LogP contribution in [-0.2, 0) is 17.9 Å². The summed E-state index contributed by atoms with van der Waals surface area (Å²) in [7, 11) is 0. The van der Waals surface area contributed by atoms with E-state index < -0.39 is 11.9 Å². The van der Waals surface area contributed by atoms with Crippen LogP contribution in [-0.4, -0.2) is 17.0 Å². The fourth-order valence-electron chi connectivity index (χ4n) is 1.87. The molecule has 0 spiro atoms. The fraction of sp³-hybridized carbons (Fsp3) is 0.125. The van der Waals surface area contributed by atoms with Gasteiger partial charge in [0.2, 0.25) is 0 Å². The molecular formula is C16H15NO4. The summed E-state index contributed by atoms with van der Waals surface area (Å²) < 4.78 is 5.16. The van der Waals surface area contributed by atoms with Crippen molar-refractivity contribution in [3.63, 3.8) is 0 Å². The molecule has 0 atom stereocenters. The first-order valence-corrected chi connectivity index (χ1v) is 6.39. The molecule has 2 aromatic carbocycles. The predicted molar refractivity (Wildman–Crippen MR) is 76.9 cm³/mol. The minimum atomic E-state index is -1.18. The van der Waals surface area contributed by atoms with Crippen molar-refractivity contribution >= 4 is 11.9 Å². The van der Waals surface area contributed by atoms with Crippen molar-refractivity contribution in [1.29, 1.82) is 0 Å². The van der Waals surface area contributed by atoms with Crippen molar-refractivity contribution in [3.8, 4) is 0 Å². The number of carbonyl (C=O) groups excluding carboxylic acids is 1. The summed E-state index contributed by atoms with van der Waals surface area (Å²) >= 11 is 0. The molecule has 0 fully saturated rings. The third-order valence-electron chi connectivity index (χ3n) is 2.98. The van der Waals surface area contributed by atoms with Crippen LogP contribution >= 0.6 is 0 Å². The van der Waals surface area contributed by atoms with Crippen LogP contribution in [0.15, 0.2) is 48.5 Å². The third-order valence-corrected chi connectivity index (χ3v) is 2.98. The van der Waals surface area contributed by atoms with Crippen molar-refractivity contribution in [1.82, 2.24) is 0 Å². The summed E-state index contributed by atoms with van der Waals surface area (Å²) in [5.41, 5.74) is 6.94. The van der Waals surface area contributed by atoms with Crippen molar-refractivity contribution in [3.05, 3.63) is 70.8 Å². The van der Waals surface area contributed by atoms with Gasteiger partial charge in [-0.05, 0) is 23.3 Å². The number of carboxylic acid groups (broad SMARTS) is 1. The number of ether oxygens (including phenoxy) is 1. The molecular weight excluding hydrogens is 270 g/mol. The van der Waals surface area contributed by atoms with Crippen molar-refractivity contribution in [2.24, 2.45) is 5.73 Å². The molecule has 0 radical (unpaired) electrons. The second-order valence-electron chi connectivity index (χ2n) is 4.45. The van der Waals surface area contributed by atoms with Crippen molar-refractivity contribution < 1.29 is 19.4 Å². The first-order chi connectivity index (χ1) is 10.1. The van der Waals surface area contributed by atoms with Crippen LogP contribution in [0.5, 0.6) is 0 Å². The summed E-state index contributed by atoms with van der Waals surface area (Å²) in [6.07, 6.45) is 0. The zero-order valence-corrected chi connectivity index (χ0v) is 11.3. The SMILES string of the molecule is NCc1ccc(C(=O)O)c(C(=O)OCc2ccccc2)c1. The van der Waals surface area contributed by atoms with Crippen LogP contribution < -0.4 is 5.73 Å². The number of rotatable bonds is 5. The molecule has 5 nitrogen and oxygen atoms in total. The Morgan fingerprint density at radius 3 is 2.33 bits per heavy atom. The van der Waals surface area contributed by atoms with E-state index >= 15 is 0 Å². The molecule has 5 heteroatoms. The second-order valence-corrected chi connectivity index (χ2v) is 4.45. The lowest BCUT2D eigenvalue weighted by Gasteiger charge is -2.09. The lowest BCUT2D eigenvalue weighted by molar-refractivity contribution is 0.0463. The average molecular weight is 285 g/mol. The maximum atomic E-state index is 12.1. The number of nitrogens with two attached hydrogens (primary N) is 1. The van der Waals surface area contributed by atoms with E-state index in [1.807, 2.05) is 30.3 Å². The monoisotopic (exact) mass is 285 g/mol. The molecule has 0 saturated heterocycles. The topological polar surface area (TPSA) is 89.6 Å². The largest absolute Gasteiger partial charge is 0.478 e. The van der Waals surface area contributed by atoms with E-state index in [1.165, 1.54) is 12.1 Å². The van der Waals surface area contributed by atoms with Crippen LogP contribution in [0.3, 0.4) is 0 Å². The molecule has 0 aliphatic rings. The number of benzene rings is 2. The highest BCUT2D eigenvalue weighted by atomic mass is 16.5. The van der Waals surface area contributed by atoms with Gasteiger partial charge in [-0.2, -0.15) is 0 Å². The second kappa shape index (κ2) is 6.67. The summed E-state index contributed by atoms with van der Waals surface area (Å²) in [4.78, 5) is 23.2. The number of hydrogen-bond donors (Lipinski definition) is 2. The van der Waals surface area contributed by atoms with Crippen molar-refractivity contribution in [2.45, 2.75) is 13.2 Å². The van der Waals surface area contributed by atoms with Gasteiger partial charge in [0.25, 0.3) is 0 Å². The van der Waals surface area contributed by atoms with Gasteiger partial charge in [0, 0.05) is 6.54 Å². The number of hydrogen-bond acceptors (Lipinski definition) is 4. The van der Waals surface area contributed by atoms with E-state index in [0.717, 1.165) is 5.56 Å². The number of carboxylic acids is 1. The maximum Gasteiger partial charge on any atom is 0.339 e. The maximum absolute atomic E-state index is 12.1. The van der Waals surface area contributed by atoms with E-state index in [9.17, 15) is 9.59 Å². The van der Waals surface area contributed by atoms with Gasteiger partial charge in [-0.1, -0.05) is 36.4 Å². The third kappa shape index (κ3) is 3.67. The van der Waals surface area contributed by atoms with Gasteiger partial charge in [-0.3, -0.25) is 0 Å². The molecule has 0 aliphatic carbocycles. The van der Waals surface area contributed by atoms with Gasteiger partial charge in [-0.15, -0.1) is 0 Å². The number of esters is 1. The summed E-state index contributed by atoms with van der Waals surface area (Å²) in [5.74, 6) is -1.85. The predicted octanol–water partition coefficient (Wildman–Crippen LogP) is 2.20. The highest BCUT2D eigenvalue weighted by Crippen LogP contribution is 2.15. The minimum Gasteiger partial charge on any atom is -0.478 e. The van der Waals surface area contributed by atoms with E-state index in [1.54, 1.807) is 6.07 Å². The Morgan fingerprint density at radius 2 is 1.71 bits per heavy atom. The zero-order valence-electron chi connectivity index (χ0n) is 11.3. The van der Waals surface area contributed by atoms with Gasteiger partial charge in [0.1, 0.15) is 6.61 Å². The molecule has 3 N–H and O–H groups in total. The Labute approximate surface area is 122 Å². The van der Waals surface area contributed by atoms with E-state index in [2.05, 4.69) is 0 Å². The Balaban J connectivity index is 2.19. The Hall–Kier alpha value is -2.66. The average Bonchev–Trinajstić information content (AvgIpc) is 2.52. The Bertz CT molecular complexity index is 653. The van der Waals surface area contributed by atoms with Crippen LogP contribution in [0.25, 0.3) is 0 Å². The van der Waals surface area contributed by atoms with Crippen LogP contribution in [0.4, 0.5) is 0 Å².